The molecule has 5 heteroatoms. The first-order valence-corrected chi connectivity index (χ1v) is 9.73. The van der Waals surface area contributed by atoms with Crippen LogP contribution < -0.4 is 0 Å². The maximum absolute atomic E-state index is 12.0. The summed E-state index contributed by atoms with van der Waals surface area (Å²) in [5, 5.41) is -0.0563. The van der Waals surface area contributed by atoms with Crippen LogP contribution in [0.2, 0.25) is 0 Å². The van der Waals surface area contributed by atoms with E-state index in [9.17, 15) is 13.6 Å². The first-order chi connectivity index (χ1) is 10.6. The van der Waals surface area contributed by atoms with Crippen LogP contribution in [0.3, 0.4) is 0 Å². The maximum atomic E-state index is 12.0. The molecule has 0 spiro atoms. The molecule has 2 nitrogen and oxygen atoms in total. The van der Waals surface area contributed by atoms with Crippen molar-refractivity contribution in [3.05, 3.63) is 0 Å². The second-order valence-electron chi connectivity index (χ2n) is 5.62. The number of hydrogen-bond acceptors (Lipinski definition) is 3. The van der Waals surface area contributed by atoms with E-state index < -0.39 is 6.43 Å². The van der Waals surface area contributed by atoms with Gasteiger partial charge in [0.15, 0.2) is 0 Å². The van der Waals surface area contributed by atoms with E-state index in [0.717, 1.165) is 57.1 Å². The van der Waals surface area contributed by atoms with Crippen LogP contribution in [0.4, 0.5) is 8.78 Å². The number of alkyl halides is 2. The molecule has 22 heavy (non-hydrogen) atoms. The lowest BCUT2D eigenvalue weighted by atomic mass is 10.1. The third kappa shape index (κ3) is 13.4. The first kappa shape index (κ1) is 21.7. The molecule has 0 aliphatic carbocycles. The fourth-order valence-corrected chi connectivity index (χ4v) is 3.32. The normalized spacial score (nSPS) is 12.6. The number of carbonyl (C=O) groups excluding carboxylic acids is 1. The molecule has 0 rings (SSSR count). The fraction of sp³-hybridized carbons (Fsp3) is 0.941. The maximum Gasteiger partial charge on any atom is 0.319 e. The average Bonchev–Trinajstić information content (AvgIpc) is 2.49. The van der Waals surface area contributed by atoms with Gasteiger partial charge in [-0.15, -0.1) is 11.8 Å². The number of unbranched alkanes of at least 4 members (excludes halogenated alkanes) is 5. The first-order valence-electron chi connectivity index (χ1n) is 8.68. The minimum absolute atomic E-state index is 0.0100. The molecule has 0 aliphatic rings. The summed E-state index contributed by atoms with van der Waals surface area (Å²) in [5.41, 5.74) is 0. The van der Waals surface area contributed by atoms with Crippen LogP contribution in [0.25, 0.3) is 0 Å². The molecule has 1 atom stereocenters. The van der Waals surface area contributed by atoms with Gasteiger partial charge in [-0.05, 0) is 31.4 Å². The topological polar surface area (TPSA) is 26.3 Å². The van der Waals surface area contributed by atoms with Crippen LogP contribution in [-0.2, 0) is 9.53 Å². The van der Waals surface area contributed by atoms with E-state index in [1.807, 2.05) is 6.92 Å². The van der Waals surface area contributed by atoms with Crippen LogP contribution in [0, 0.1) is 0 Å². The quantitative estimate of drug-likeness (QED) is 0.277. The van der Waals surface area contributed by atoms with Crippen LogP contribution in [0.5, 0.6) is 0 Å². The van der Waals surface area contributed by atoms with Gasteiger partial charge in [-0.25, -0.2) is 8.78 Å². The predicted octanol–water partition coefficient (Wildman–Crippen LogP) is 5.84. The zero-order valence-electron chi connectivity index (χ0n) is 14.1. The van der Waals surface area contributed by atoms with E-state index in [2.05, 4.69) is 6.92 Å². The van der Waals surface area contributed by atoms with Crippen molar-refractivity contribution in [2.24, 2.45) is 0 Å². The summed E-state index contributed by atoms with van der Waals surface area (Å²) in [6, 6.07) is 0. The predicted molar refractivity (Wildman–Crippen MR) is 90.7 cm³/mol. The molecular weight excluding hydrogens is 306 g/mol. The minimum atomic E-state index is -2.18. The molecule has 0 aromatic rings. The molecule has 132 valence electrons. The highest BCUT2D eigenvalue weighted by molar-refractivity contribution is 8.00. The van der Waals surface area contributed by atoms with Crippen molar-refractivity contribution < 1.29 is 18.3 Å². The highest BCUT2D eigenvalue weighted by Crippen LogP contribution is 2.22. The number of hydrogen-bond donors (Lipinski definition) is 0. The Hall–Kier alpha value is -0.320. The molecule has 0 N–H and O–H groups in total. The monoisotopic (exact) mass is 338 g/mol. The highest BCUT2D eigenvalue weighted by atomic mass is 32.2. The van der Waals surface area contributed by atoms with Crippen molar-refractivity contribution in [2.45, 2.75) is 89.7 Å². The van der Waals surface area contributed by atoms with Crippen LogP contribution >= 0.6 is 11.8 Å². The molecular formula is C17H32F2O2S. The molecule has 0 bridgehead atoms. The largest absolute Gasteiger partial charge is 0.465 e. The molecule has 0 saturated carbocycles. The molecule has 0 radical (unpaired) electrons. The minimum Gasteiger partial charge on any atom is -0.465 e. The van der Waals surface area contributed by atoms with Crippen molar-refractivity contribution in [1.29, 1.82) is 0 Å². The average molecular weight is 339 g/mol. The zero-order valence-corrected chi connectivity index (χ0v) is 14.9. The Morgan fingerprint density at radius 3 is 2.27 bits per heavy atom. The van der Waals surface area contributed by atoms with Gasteiger partial charge in [-0.3, -0.25) is 4.79 Å². The smallest absolute Gasteiger partial charge is 0.319 e. The van der Waals surface area contributed by atoms with E-state index in [0.29, 0.717) is 13.0 Å². The second kappa shape index (κ2) is 15.6. The van der Waals surface area contributed by atoms with E-state index in [1.165, 1.54) is 0 Å². The molecule has 0 aromatic heterocycles. The molecule has 1 unspecified atom stereocenters. The van der Waals surface area contributed by atoms with Crippen LogP contribution in [0.1, 0.15) is 78.1 Å². The Morgan fingerprint density at radius 2 is 1.64 bits per heavy atom. The summed E-state index contributed by atoms with van der Waals surface area (Å²) in [4.78, 5) is 12.0. The summed E-state index contributed by atoms with van der Waals surface area (Å²) in [6.07, 6.45) is 6.31. The van der Waals surface area contributed by atoms with Crippen molar-refractivity contribution in [1.82, 2.24) is 0 Å². The molecule has 0 fully saturated rings. The Morgan fingerprint density at radius 1 is 0.955 bits per heavy atom. The molecule has 0 saturated heterocycles. The SMILES string of the molecule is CCCCCC(SCCCCCCC(F)F)C(=O)OCCC. The lowest BCUT2D eigenvalue weighted by molar-refractivity contribution is -0.143. The number of esters is 1. The lowest BCUT2D eigenvalue weighted by Crippen LogP contribution is -2.21. The van der Waals surface area contributed by atoms with Crippen molar-refractivity contribution in [3.8, 4) is 0 Å². The summed E-state index contributed by atoms with van der Waals surface area (Å²) in [7, 11) is 0. The van der Waals surface area contributed by atoms with Gasteiger partial charge in [-0.2, -0.15) is 0 Å². The summed E-state index contributed by atoms with van der Waals surface area (Å²) < 4.78 is 29.3. The van der Waals surface area contributed by atoms with E-state index in [1.54, 1.807) is 11.8 Å². The Bertz CT molecular complexity index is 263. The summed E-state index contributed by atoms with van der Waals surface area (Å²) in [6.45, 7) is 4.64. The van der Waals surface area contributed by atoms with Crippen molar-refractivity contribution in [2.75, 3.05) is 12.4 Å². The van der Waals surface area contributed by atoms with E-state index in [-0.39, 0.29) is 17.6 Å². The Labute approximate surface area is 138 Å². The Kier molecular flexibility index (Phi) is 15.3. The van der Waals surface area contributed by atoms with Crippen LogP contribution in [0.15, 0.2) is 0 Å². The van der Waals surface area contributed by atoms with Crippen LogP contribution in [-0.4, -0.2) is 30.0 Å². The van der Waals surface area contributed by atoms with Crippen molar-refractivity contribution >= 4 is 17.7 Å². The number of halogens is 2. The molecule has 0 amide bonds. The van der Waals surface area contributed by atoms with E-state index in [4.69, 9.17) is 4.74 Å². The van der Waals surface area contributed by atoms with E-state index >= 15 is 0 Å². The third-order valence-corrected chi connectivity index (χ3v) is 4.77. The lowest BCUT2D eigenvalue weighted by Gasteiger charge is -2.15. The Balaban J connectivity index is 3.84. The third-order valence-electron chi connectivity index (χ3n) is 3.42. The van der Waals surface area contributed by atoms with Gasteiger partial charge in [0.25, 0.3) is 0 Å². The summed E-state index contributed by atoms with van der Waals surface area (Å²) in [5.74, 6) is 0.827. The molecule has 0 heterocycles. The second-order valence-corrected chi connectivity index (χ2v) is 6.93. The highest BCUT2D eigenvalue weighted by Gasteiger charge is 2.19. The van der Waals surface area contributed by atoms with Gasteiger partial charge in [0.2, 0.25) is 6.43 Å². The standard InChI is InChI=1S/C17H32F2O2S/c1-3-5-8-11-15(17(20)21-13-4-2)22-14-10-7-6-9-12-16(18)19/h15-16H,3-14H2,1-2H3. The van der Waals surface area contributed by atoms with Gasteiger partial charge in [0.05, 0.1) is 6.61 Å². The molecule has 0 aliphatic heterocycles. The van der Waals surface area contributed by atoms with Gasteiger partial charge in [-0.1, -0.05) is 46.0 Å². The number of rotatable bonds is 15. The number of thioether (sulfide) groups is 1. The van der Waals surface area contributed by atoms with Gasteiger partial charge in [0, 0.05) is 6.42 Å². The van der Waals surface area contributed by atoms with Gasteiger partial charge >= 0.3 is 5.97 Å². The molecule has 0 aromatic carbocycles. The van der Waals surface area contributed by atoms with Gasteiger partial charge in [0.1, 0.15) is 5.25 Å². The van der Waals surface area contributed by atoms with Crippen molar-refractivity contribution in [3.63, 3.8) is 0 Å². The fourth-order valence-electron chi connectivity index (χ4n) is 2.12. The summed E-state index contributed by atoms with van der Waals surface area (Å²) >= 11 is 1.67. The zero-order chi connectivity index (χ0) is 16.6. The number of carbonyl (C=O) groups is 1. The number of ether oxygens (including phenoxy) is 1. The van der Waals surface area contributed by atoms with Gasteiger partial charge < -0.3 is 4.74 Å².